The molecule has 2 nitrogen and oxygen atoms in total. The third-order valence-corrected chi connectivity index (χ3v) is 3.18. The molecule has 0 bridgehead atoms. The molecule has 0 aromatic carbocycles. The molecule has 1 rings (SSSR count). The molecule has 0 saturated carbocycles. The van der Waals surface area contributed by atoms with E-state index in [9.17, 15) is 4.79 Å². The van der Waals surface area contributed by atoms with Gasteiger partial charge in [-0.1, -0.05) is 13.8 Å². The highest BCUT2D eigenvalue weighted by Crippen LogP contribution is 2.24. The van der Waals surface area contributed by atoms with Gasteiger partial charge in [0.1, 0.15) is 0 Å². The highest BCUT2D eigenvalue weighted by Gasteiger charge is 2.31. The number of rotatable bonds is 2. The fourth-order valence-electron chi connectivity index (χ4n) is 1.96. The van der Waals surface area contributed by atoms with Crippen LogP contribution in [0.4, 0.5) is 0 Å². The number of carbonyl (C=O) groups excluding carboxylic acids is 1. The van der Waals surface area contributed by atoms with Crippen molar-refractivity contribution < 1.29 is 4.79 Å². The number of likely N-dealkylation sites (tertiary alicyclic amines) is 1. The Morgan fingerprint density at radius 1 is 1.62 bits per heavy atom. The Morgan fingerprint density at radius 3 is 2.62 bits per heavy atom. The highest BCUT2D eigenvalue weighted by atomic mass is 35.5. The molecular formula is C10H18ClNO. The molecule has 1 heterocycles. The summed E-state index contributed by atoms with van der Waals surface area (Å²) in [5, 5.41) is 0. The van der Waals surface area contributed by atoms with Crippen LogP contribution >= 0.6 is 11.6 Å². The van der Waals surface area contributed by atoms with Crippen molar-refractivity contribution in [2.24, 2.45) is 11.8 Å². The van der Waals surface area contributed by atoms with E-state index in [0.29, 0.717) is 17.8 Å². The summed E-state index contributed by atoms with van der Waals surface area (Å²) in [7, 11) is 0. The number of hydrogen-bond donors (Lipinski definition) is 0. The minimum atomic E-state index is -0.0329. The van der Waals surface area contributed by atoms with Crippen molar-refractivity contribution in [2.45, 2.75) is 33.2 Å². The van der Waals surface area contributed by atoms with E-state index < -0.39 is 0 Å². The largest absolute Gasteiger partial charge is 0.339 e. The van der Waals surface area contributed by atoms with Crippen molar-refractivity contribution in [2.75, 3.05) is 12.4 Å². The summed E-state index contributed by atoms with van der Waals surface area (Å²) in [5.41, 5.74) is 0. The molecule has 76 valence electrons. The van der Waals surface area contributed by atoms with E-state index >= 15 is 0 Å². The van der Waals surface area contributed by atoms with Crippen LogP contribution in [-0.2, 0) is 4.79 Å². The zero-order chi connectivity index (χ0) is 10.0. The minimum Gasteiger partial charge on any atom is -0.339 e. The fourth-order valence-corrected chi connectivity index (χ4v) is 2.09. The molecular weight excluding hydrogens is 186 g/mol. The van der Waals surface area contributed by atoms with Gasteiger partial charge in [-0.2, -0.15) is 0 Å². The van der Waals surface area contributed by atoms with Gasteiger partial charge in [0.2, 0.25) is 5.91 Å². The van der Waals surface area contributed by atoms with Gasteiger partial charge in [0.25, 0.3) is 0 Å². The lowest BCUT2D eigenvalue weighted by Gasteiger charge is -2.24. The summed E-state index contributed by atoms with van der Waals surface area (Å²) in [5.74, 6) is 1.25. The lowest BCUT2D eigenvalue weighted by molar-refractivity contribution is -0.134. The second kappa shape index (κ2) is 4.32. The molecule has 1 fully saturated rings. The molecule has 0 aromatic rings. The first-order chi connectivity index (χ1) is 6.06. The maximum Gasteiger partial charge on any atom is 0.226 e. The molecule has 1 aliphatic rings. The van der Waals surface area contributed by atoms with Crippen molar-refractivity contribution in [3.8, 4) is 0 Å². The van der Waals surface area contributed by atoms with Crippen LogP contribution in [0, 0.1) is 11.8 Å². The van der Waals surface area contributed by atoms with Crippen LogP contribution in [0.1, 0.15) is 27.2 Å². The summed E-state index contributed by atoms with van der Waals surface area (Å²) in [6.45, 7) is 7.10. The Hall–Kier alpha value is -0.240. The van der Waals surface area contributed by atoms with Gasteiger partial charge < -0.3 is 4.90 Å². The summed E-state index contributed by atoms with van der Waals surface area (Å²) < 4.78 is 0. The van der Waals surface area contributed by atoms with E-state index in [4.69, 9.17) is 11.6 Å². The average molecular weight is 204 g/mol. The van der Waals surface area contributed by atoms with Crippen molar-refractivity contribution in [3.63, 3.8) is 0 Å². The molecule has 0 aromatic heterocycles. The normalized spacial score (nSPS) is 30.6. The summed E-state index contributed by atoms with van der Waals surface area (Å²) >= 11 is 5.66. The van der Waals surface area contributed by atoms with E-state index in [0.717, 1.165) is 13.0 Å². The van der Waals surface area contributed by atoms with Crippen molar-refractivity contribution >= 4 is 17.5 Å². The van der Waals surface area contributed by atoms with Gasteiger partial charge in [-0.25, -0.2) is 0 Å². The molecule has 0 N–H and O–H groups in total. The van der Waals surface area contributed by atoms with Crippen LogP contribution in [0.5, 0.6) is 0 Å². The van der Waals surface area contributed by atoms with Gasteiger partial charge >= 0.3 is 0 Å². The zero-order valence-electron chi connectivity index (χ0n) is 8.59. The molecule has 3 atom stereocenters. The topological polar surface area (TPSA) is 20.3 Å². The first-order valence-corrected chi connectivity index (χ1v) is 5.46. The number of amides is 1. The van der Waals surface area contributed by atoms with E-state index in [-0.39, 0.29) is 11.8 Å². The summed E-state index contributed by atoms with van der Waals surface area (Å²) in [6.07, 6.45) is 1.13. The lowest BCUT2D eigenvalue weighted by Crippen LogP contribution is -2.38. The Labute approximate surface area is 85.2 Å². The Kier molecular flexibility index (Phi) is 3.60. The van der Waals surface area contributed by atoms with E-state index in [1.165, 1.54) is 0 Å². The van der Waals surface area contributed by atoms with Gasteiger partial charge in [0, 0.05) is 24.4 Å². The standard InChI is InChI=1S/C10H18ClNO/c1-7-4-9(3)12(6-7)10(13)8(2)5-11/h7-9H,4-6H2,1-3H3. The van der Waals surface area contributed by atoms with Crippen molar-refractivity contribution in [1.82, 2.24) is 4.90 Å². The molecule has 1 aliphatic heterocycles. The van der Waals surface area contributed by atoms with Crippen LogP contribution in [0.3, 0.4) is 0 Å². The maximum atomic E-state index is 11.8. The third kappa shape index (κ3) is 2.37. The summed E-state index contributed by atoms with van der Waals surface area (Å²) in [4.78, 5) is 13.7. The van der Waals surface area contributed by atoms with Crippen molar-refractivity contribution in [1.29, 1.82) is 0 Å². The van der Waals surface area contributed by atoms with Gasteiger partial charge in [-0.3, -0.25) is 4.79 Å². The number of hydrogen-bond acceptors (Lipinski definition) is 1. The second-order valence-corrected chi connectivity index (χ2v) is 4.54. The van der Waals surface area contributed by atoms with E-state index in [2.05, 4.69) is 13.8 Å². The molecule has 0 radical (unpaired) electrons. The van der Waals surface area contributed by atoms with Crippen LogP contribution in [0.2, 0.25) is 0 Å². The zero-order valence-corrected chi connectivity index (χ0v) is 9.34. The number of carbonyl (C=O) groups is 1. The molecule has 0 aliphatic carbocycles. The molecule has 1 saturated heterocycles. The fraction of sp³-hybridized carbons (Fsp3) is 0.900. The smallest absolute Gasteiger partial charge is 0.226 e. The molecule has 3 heteroatoms. The number of nitrogens with zero attached hydrogens (tertiary/aromatic N) is 1. The predicted octanol–water partition coefficient (Wildman–Crippen LogP) is 2.12. The van der Waals surface area contributed by atoms with Gasteiger partial charge in [-0.05, 0) is 19.3 Å². The van der Waals surface area contributed by atoms with E-state index in [1.54, 1.807) is 0 Å². The third-order valence-electron chi connectivity index (χ3n) is 2.72. The Morgan fingerprint density at radius 2 is 2.23 bits per heavy atom. The SMILES string of the molecule is CC1CC(C)N(C(=O)C(C)CCl)C1. The summed E-state index contributed by atoms with van der Waals surface area (Å²) in [6, 6.07) is 0.396. The number of halogens is 1. The highest BCUT2D eigenvalue weighted by molar-refractivity contribution is 6.19. The first kappa shape index (κ1) is 10.8. The van der Waals surface area contributed by atoms with E-state index in [1.807, 2.05) is 11.8 Å². The van der Waals surface area contributed by atoms with Crippen LogP contribution < -0.4 is 0 Å². The predicted molar refractivity (Wildman–Crippen MR) is 54.8 cm³/mol. The monoisotopic (exact) mass is 203 g/mol. The quantitative estimate of drug-likeness (QED) is 0.630. The minimum absolute atomic E-state index is 0.0329. The lowest BCUT2D eigenvalue weighted by atomic mass is 10.1. The van der Waals surface area contributed by atoms with Gasteiger partial charge in [0.15, 0.2) is 0 Å². The Bertz CT molecular complexity index is 195. The first-order valence-electron chi connectivity index (χ1n) is 4.92. The van der Waals surface area contributed by atoms with Gasteiger partial charge in [0.05, 0.1) is 0 Å². The molecule has 3 unspecified atom stereocenters. The van der Waals surface area contributed by atoms with Crippen LogP contribution in [0.25, 0.3) is 0 Å². The van der Waals surface area contributed by atoms with Gasteiger partial charge in [-0.15, -0.1) is 11.6 Å². The average Bonchev–Trinajstić information content (AvgIpc) is 2.42. The van der Waals surface area contributed by atoms with Crippen LogP contribution in [0.15, 0.2) is 0 Å². The van der Waals surface area contributed by atoms with Crippen LogP contribution in [-0.4, -0.2) is 29.3 Å². The van der Waals surface area contributed by atoms with Crippen molar-refractivity contribution in [3.05, 3.63) is 0 Å². The molecule has 0 spiro atoms. The number of alkyl halides is 1. The Balaban J connectivity index is 2.57. The molecule has 1 amide bonds. The molecule has 13 heavy (non-hydrogen) atoms. The maximum absolute atomic E-state index is 11.8. The second-order valence-electron chi connectivity index (χ2n) is 4.24.